The third kappa shape index (κ3) is 4.23. The quantitative estimate of drug-likeness (QED) is 0.811. The van der Waals surface area contributed by atoms with Gasteiger partial charge in [-0.25, -0.2) is 4.79 Å². The molecule has 1 atom stereocenters. The summed E-state index contributed by atoms with van der Waals surface area (Å²) in [6.07, 6.45) is 2.33. The molecule has 0 radical (unpaired) electrons. The first kappa shape index (κ1) is 18.0. The van der Waals surface area contributed by atoms with Crippen LogP contribution in [0.1, 0.15) is 40.4 Å². The molecule has 1 aliphatic rings. The molecule has 0 saturated heterocycles. The van der Waals surface area contributed by atoms with Crippen LogP contribution < -0.4 is 10.1 Å². The van der Waals surface area contributed by atoms with E-state index in [1.54, 1.807) is 20.1 Å². The molecule has 5 nitrogen and oxygen atoms in total. The summed E-state index contributed by atoms with van der Waals surface area (Å²) < 4.78 is 10.4. The summed E-state index contributed by atoms with van der Waals surface area (Å²) >= 11 is 0. The SMILES string of the molecule is COc1ccc(CNC(=O)[C@H](C)OC(=O)c2ccc3c(c2)CCC3)cc1. The van der Waals surface area contributed by atoms with E-state index in [0.29, 0.717) is 12.1 Å². The molecule has 26 heavy (non-hydrogen) atoms. The Morgan fingerprint density at radius 3 is 2.54 bits per heavy atom. The van der Waals surface area contributed by atoms with Gasteiger partial charge in [0.1, 0.15) is 5.75 Å². The molecule has 0 bridgehead atoms. The first-order valence-electron chi connectivity index (χ1n) is 8.80. The molecule has 0 heterocycles. The number of methoxy groups -OCH3 is 1. The van der Waals surface area contributed by atoms with Gasteiger partial charge in [-0.15, -0.1) is 0 Å². The van der Waals surface area contributed by atoms with Crippen molar-refractivity contribution in [3.63, 3.8) is 0 Å². The lowest BCUT2D eigenvalue weighted by Crippen LogP contribution is -2.35. The summed E-state index contributed by atoms with van der Waals surface area (Å²) in [6.45, 7) is 1.94. The third-order valence-electron chi connectivity index (χ3n) is 4.61. The van der Waals surface area contributed by atoms with E-state index in [2.05, 4.69) is 5.32 Å². The maximum atomic E-state index is 12.3. The smallest absolute Gasteiger partial charge is 0.338 e. The van der Waals surface area contributed by atoms with Crippen LogP contribution in [0, 0.1) is 0 Å². The van der Waals surface area contributed by atoms with E-state index >= 15 is 0 Å². The molecule has 0 aromatic heterocycles. The van der Waals surface area contributed by atoms with Gasteiger partial charge in [-0.1, -0.05) is 18.2 Å². The van der Waals surface area contributed by atoms with Gasteiger partial charge in [0, 0.05) is 6.54 Å². The number of nitrogens with one attached hydrogen (secondary N) is 1. The predicted octanol–water partition coefficient (Wildman–Crippen LogP) is 3.05. The molecule has 1 aliphatic carbocycles. The molecule has 0 unspecified atom stereocenters. The van der Waals surface area contributed by atoms with E-state index in [4.69, 9.17) is 9.47 Å². The fourth-order valence-electron chi connectivity index (χ4n) is 3.06. The van der Waals surface area contributed by atoms with Crippen molar-refractivity contribution in [1.29, 1.82) is 0 Å². The zero-order chi connectivity index (χ0) is 18.5. The van der Waals surface area contributed by atoms with E-state index < -0.39 is 12.1 Å². The van der Waals surface area contributed by atoms with Gasteiger partial charge in [-0.3, -0.25) is 4.79 Å². The van der Waals surface area contributed by atoms with Gasteiger partial charge in [-0.2, -0.15) is 0 Å². The predicted molar refractivity (Wildman–Crippen MR) is 98.2 cm³/mol. The summed E-state index contributed by atoms with van der Waals surface area (Å²) in [5.74, 6) is -0.0288. The molecule has 0 spiro atoms. The van der Waals surface area contributed by atoms with E-state index in [-0.39, 0.29) is 5.91 Å². The van der Waals surface area contributed by atoms with E-state index in [0.717, 1.165) is 30.6 Å². The van der Waals surface area contributed by atoms with Crippen LogP contribution in [0.2, 0.25) is 0 Å². The molecular formula is C21H23NO4. The maximum absolute atomic E-state index is 12.3. The number of rotatable bonds is 6. The van der Waals surface area contributed by atoms with Gasteiger partial charge in [0.05, 0.1) is 12.7 Å². The number of fused-ring (bicyclic) bond motifs is 1. The van der Waals surface area contributed by atoms with Gasteiger partial charge >= 0.3 is 5.97 Å². The Balaban J connectivity index is 1.52. The number of amides is 1. The van der Waals surface area contributed by atoms with Crippen molar-refractivity contribution in [2.24, 2.45) is 0 Å². The fraction of sp³-hybridized carbons (Fsp3) is 0.333. The van der Waals surface area contributed by atoms with E-state index in [9.17, 15) is 9.59 Å². The average Bonchev–Trinajstić information content (AvgIpc) is 3.14. The molecule has 5 heteroatoms. The summed E-state index contributed by atoms with van der Waals surface area (Å²) in [4.78, 5) is 24.5. The van der Waals surface area contributed by atoms with Crippen LogP contribution in [0.5, 0.6) is 5.75 Å². The highest BCUT2D eigenvalue weighted by Gasteiger charge is 2.20. The van der Waals surface area contributed by atoms with Gasteiger partial charge in [0.15, 0.2) is 6.10 Å². The number of ether oxygens (including phenoxy) is 2. The average molecular weight is 353 g/mol. The van der Waals surface area contributed by atoms with Crippen molar-refractivity contribution >= 4 is 11.9 Å². The van der Waals surface area contributed by atoms with Crippen LogP contribution >= 0.6 is 0 Å². The number of hydrogen-bond donors (Lipinski definition) is 1. The second-order valence-corrected chi connectivity index (χ2v) is 6.45. The van der Waals surface area contributed by atoms with Gasteiger partial charge < -0.3 is 14.8 Å². The van der Waals surface area contributed by atoms with Crippen LogP contribution in [0.3, 0.4) is 0 Å². The monoisotopic (exact) mass is 353 g/mol. The van der Waals surface area contributed by atoms with Crippen molar-refractivity contribution in [3.05, 3.63) is 64.7 Å². The standard InChI is InChI=1S/C21H23NO4/c1-14(20(23)22-13-15-6-10-19(25-2)11-7-15)26-21(24)18-9-8-16-4-3-5-17(16)12-18/h6-12,14H,3-5,13H2,1-2H3,(H,22,23)/t14-/m0/s1. The fourth-order valence-corrected chi connectivity index (χ4v) is 3.06. The minimum Gasteiger partial charge on any atom is -0.497 e. The van der Waals surface area contributed by atoms with Gasteiger partial charge in [-0.05, 0) is 67.1 Å². The minimum atomic E-state index is -0.853. The second-order valence-electron chi connectivity index (χ2n) is 6.45. The Morgan fingerprint density at radius 1 is 1.08 bits per heavy atom. The molecule has 0 saturated carbocycles. The van der Waals surface area contributed by atoms with Crippen LogP contribution in [0.25, 0.3) is 0 Å². The van der Waals surface area contributed by atoms with Crippen LogP contribution in [-0.4, -0.2) is 25.1 Å². The molecule has 1 N–H and O–H groups in total. The number of carbonyl (C=O) groups excluding carboxylic acids is 2. The third-order valence-corrected chi connectivity index (χ3v) is 4.61. The number of aryl methyl sites for hydroxylation is 2. The zero-order valence-electron chi connectivity index (χ0n) is 15.1. The largest absolute Gasteiger partial charge is 0.497 e. The number of benzene rings is 2. The number of hydrogen-bond acceptors (Lipinski definition) is 4. The lowest BCUT2D eigenvalue weighted by molar-refractivity contribution is -0.129. The van der Waals surface area contributed by atoms with Crippen molar-refractivity contribution < 1.29 is 19.1 Å². The molecule has 1 amide bonds. The summed E-state index contributed by atoms with van der Waals surface area (Å²) in [5.41, 5.74) is 3.94. The maximum Gasteiger partial charge on any atom is 0.338 e. The highest BCUT2D eigenvalue weighted by atomic mass is 16.5. The zero-order valence-corrected chi connectivity index (χ0v) is 15.1. The summed E-state index contributed by atoms with van der Waals surface area (Å²) in [7, 11) is 1.60. The van der Waals surface area contributed by atoms with E-state index in [1.807, 2.05) is 36.4 Å². The Kier molecular flexibility index (Phi) is 5.56. The molecule has 2 aromatic carbocycles. The summed E-state index contributed by atoms with van der Waals surface area (Å²) in [5, 5.41) is 2.78. The molecule has 136 valence electrons. The van der Waals surface area contributed by atoms with Crippen LogP contribution in [0.4, 0.5) is 0 Å². The van der Waals surface area contributed by atoms with Crippen LogP contribution in [0.15, 0.2) is 42.5 Å². The van der Waals surface area contributed by atoms with Crippen molar-refractivity contribution in [2.45, 2.75) is 38.8 Å². The molecular weight excluding hydrogens is 330 g/mol. The number of carbonyl (C=O) groups is 2. The van der Waals surface area contributed by atoms with Crippen molar-refractivity contribution in [2.75, 3.05) is 7.11 Å². The lowest BCUT2D eigenvalue weighted by Gasteiger charge is -2.14. The molecule has 0 aliphatic heterocycles. The first-order chi connectivity index (χ1) is 12.6. The molecule has 3 rings (SSSR count). The Bertz CT molecular complexity index is 798. The second kappa shape index (κ2) is 8.04. The number of esters is 1. The normalized spacial score (nSPS) is 13.6. The van der Waals surface area contributed by atoms with Crippen LogP contribution in [-0.2, 0) is 28.9 Å². The van der Waals surface area contributed by atoms with E-state index in [1.165, 1.54) is 11.1 Å². The molecule has 0 fully saturated rings. The Hall–Kier alpha value is -2.82. The minimum absolute atomic E-state index is 0.324. The highest BCUT2D eigenvalue weighted by Crippen LogP contribution is 2.23. The summed E-state index contributed by atoms with van der Waals surface area (Å²) in [6, 6.07) is 13.0. The topological polar surface area (TPSA) is 64.6 Å². The van der Waals surface area contributed by atoms with Crippen molar-refractivity contribution in [1.82, 2.24) is 5.32 Å². The highest BCUT2D eigenvalue weighted by molar-refractivity contribution is 5.92. The molecule has 2 aromatic rings. The lowest BCUT2D eigenvalue weighted by atomic mass is 10.1. The van der Waals surface area contributed by atoms with Crippen molar-refractivity contribution in [3.8, 4) is 5.75 Å². The van der Waals surface area contributed by atoms with Gasteiger partial charge in [0.2, 0.25) is 0 Å². The Labute approximate surface area is 153 Å². The van der Waals surface area contributed by atoms with Gasteiger partial charge in [0.25, 0.3) is 5.91 Å². The first-order valence-corrected chi connectivity index (χ1v) is 8.80. The Morgan fingerprint density at radius 2 is 1.81 bits per heavy atom.